The summed E-state index contributed by atoms with van der Waals surface area (Å²) in [6.07, 6.45) is 5.52. The van der Waals surface area contributed by atoms with Crippen LogP contribution in [0, 0.1) is 13.8 Å². The van der Waals surface area contributed by atoms with E-state index in [1.165, 1.54) is 0 Å². The monoisotopic (exact) mass is 361 g/mol. The predicted molar refractivity (Wildman–Crippen MR) is 105 cm³/mol. The van der Waals surface area contributed by atoms with Gasteiger partial charge in [0.05, 0.1) is 0 Å². The molecule has 2 aromatic heterocycles. The van der Waals surface area contributed by atoms with Gasteiger partial charge in [-0.1, -0.05) is 17.2 Å². The molecule has 0 N–H and O–H groups in total. The summed E-state index contributed by atoms with van der Waals surface area (Å²) in [6.45, 7) is 6.96. The van der Waals surface area contributed by atoms with Gasteiger partial charge >= 0.3 is 0 Å². The second-order valence-corrected chi connectivity index (χ2v) is 6.98. The van der Waals surface area contributed by atoms with E-state index in [1.54, 1.807) is 6.33 Å². The molecule has 0 bridgehead atoms. The van der Waals surface area contributed by atoms with E-state index in [4.69, 9.17) is 0 Å². The van der Waals surface area contributed by atoms with Gasteiger partial charge < -0.3 is 14.4 Å². The normalized spacial score (nSPS) is 14.4. The maximum atomic E-state index is 12.8. The Bertz CT molecular complexity index is 923. The Kier molecular flexibility index (Phi) is 4.62. The molecule has 0 radical (unpaired) electrons. The quantitative estimate of drug-likeness (QED) is 0.720. The number of carbonyl (C=O) groups excluding carboxylic acids is 1. The van der Waals surface area contributed by atoms with Gasteiger partial charge in [-0.15, -0.1) is 0 Å². The zero-order valence-corrected chi connectivity index (χ0v) is 15.7. The van der Waals surface area contributed by atoms with Gasteiger partial charge in [-0.2, -0.15) is 0 Å². The molecule has 6 nitrogen and oxygen atoms in total. The average molecular weight is 361 g/mol. The van der Waals surface area contributed by atoms with Crippen LogP contribution in [0.2, 0.25) is 0 Å². The van der Waals surface area contributed by atoms with Crippen LogP contribution < -0.4 is 4.90 Å². The largest absolute Gasteiger partial charge is 0.353 e. The highest BCUT2D eigenvalue weighted by Crippen LogP contribution is 2.18. The molecule has 3 heterocycles. The highest BCUT2D eigenvalue weighted by atomic mass is 16.2. The molecule has 138 valence electrons. The first-order chi connectivity index (χ1) is 13.1. The second-order valence-electron chi connectivity index (χ2n) is 6.98. The topological polar surface area (TPSA) is 54.3 Å². The van der Waals surface area contributed by atoms with Crippen molar-refractivity contribution < 1.29 is 4.79 Å². The lowest BCUT2D eigenvalue weighted by atomic mass is 10.1. The number of hydrogen-bond acceptors (Lipinski definition) is 4. The molecule has 0 spiro atoms. The van der Waals surface area contributed by atoms with Gasteiger partial charge in [0.15, 0.2) is 0 Å². The smallest absolute Gasteiger partial charge is 0.253 e. The number of amides is 1. The minimum Gasteiger partial charge on any atom is -0.353 e. The fraction of sp³-hybridized carbons (Fsp3) is 0.286. The molecule has 0 atom stereocenters. The van der Waals surface area contributed by atoms with Gasteiger partial charge in [-0.05, 0) is 38.1 Å². The summed E-state index contributed by atoms with van der Waals surface area (Å²) in [6, 6.07) is 12.0. The molecule has 3 aromatic rings. The zero-order chi connectivity index (χ0) is 18.8. The third-order valence-electron chi connectivity index (χ3n) is 4.87. The number of anilines is 1. The van der Waals surface area contributed by atoms with Crippen LogP contribution in [0.5, 0.6) is 0 Å². The van der Waals surface area contributed by atoms with Crippen LogP contribution in [0.15, 0.2) is 55.1 Å². The Labute approximate surface area is 159 Å². The molecular formula is C21H23N5O. The van der Waals surface area contributed by atoms with Crippen LogP contribution in [0.3, 0.4) is 0 Å². The first-order valence-corrected chi connectivity index (χ1v) is 9.18. The Morgan fingerprint density at radius 1 is 0.852 bits per heavy atom. The van der Waals surface area contributed by atoms with Crippen LogP contribution in [0.4, 0.5) is 5.82 Å². The molecule has 1 amide bonds. The molecule has 1 fully saturated rings. The SMILES string of the molecule is Cc1cc(C)cc(C(=O)N2CCN(c3cc(-n4cccc4)ncn3)CC2)c1. The Balaban J connectivity index is 1.45. The van der Waals surface area contributed by atoms with E-state index in [1.807, 2.05) is 66.0 Å². The second kappa shape index (κ2) is 7.23. The van der Waals surface area contributed by atoms with Gasteiger partial charge in [-0.3, -0.25) is 4.79 Å². The van der Waals surface area contributed by atoms with Gasteiger partial charge in [-0.25, -0.2) is 9.97 Å². The maximum Gasteiger partial charge on any atom is 0.253 e. The van der Waals surface area contributed by atoms with E-state index in [9.17, 15) is 4.79 Å². The fourth-order valence-electron chi connectivity index (χ4n) is 3.56. The third-order valence-corrected chi connectivity index (χ3v) is 4.87. The fourth-order valence-corrected chi connectivity index (χ4v) is 3.56. The molecule has 0 saturated carbocycles. The van der Waals surface area contributed by atoms with Crippen molar-refractivity contribution in [1.82, 2.24) is 19.4 Å². The van der Waals surface area contributed by atoms with Gasteiger partial charge in [0, 0.05) is 50.2 Å². The van der Waals surface area contributed by atoms with Crippen LogP contribution in [0.25, 0.3) is 5.82 Å². The minimum atomic E-state index is 0.108. The van der Waals surface area contributed by atoms with Crippen molar-refractivity contribution in [1.29, 1.82) is 0 Å². The number of hydrogen-bond donors (Lipinski definition) is 0. The van der Waals surface area contributed by atoms with Crippen molar-refractivity contribution in [2.75, 3.05) is 31.1 Å². The number of aromatic nitrogens is 3. The molecule has 1 aliphatic heterocycles. The zero-order valence-electron chi connectivity index (χ0n) is 15.7. The molecule has 27 heavy (non-hydrogen) atoms. The number of nitrogens with zero attached hydrogens (tertiary/aromatic N) is 5. The summed E-state index contributed by atoms with van der Waals surface area (Å²) < 4.78 is 1.96. The van der Waals surface area contributed by atoms with E-state index in [-0.39, 0.29) is 5.91 Å². The number of benzene rings is 1. The van der Waals surface area contributed by atoms with Crippen molar-refractivity contribution in [3.63, 3.8) is 0 Å². The van der Waals surface area contributed by atoms with Crippen molar-refractivity contribution in [2.45, 2.75) is 13.8 Å². The average Bonchev–Trinajstić information content (AvgIpc) is 3.22. The van der Waals surface area contributed by atoms with Crippen molar-refractivity contribution in [3.05, 3.63) is 71.8 Å². The van der Waals surface area contributed by atoms with E-state index in [0.717, 1.165) is 41.4 Å². The van der Waals surface area contributed by atoms with Gasteiger partial charge in [0.25, 0.3) is 5.91 Å². The Hall–Kier alpha value is -3.15. The van der Waals surface area contributed by atoms with Crippen molar-refractivity contribution in [3.8, 4) is 5.82 Å². The van der Waals surface area contributed by atoms with Crippen LogP contribution in [-0.4, -0.2) is 51.5 Å². The summed E-state index contributed by atoms with van der Waals surface area (Å²) in [5.74, 6) is 1.85. The molecule has 1 saturated heterocycles. The van der Waals surface area contributed by atoms with Crippen molar-refractivity contribution >= 4 is 11.7 Å². The van der Waals surface area contributed by atoms with E-state index in [0.29, 0.717) is 13.1 Å². The first-order valence-electron chi connectivity index (χ1n) is 9.18. The molecule has 1 aromatic carbocycles. The lowest BCUT2D eigenvalue weighted by Gasteiger charge is -2.35. The Morgan fingerprint density at radius 2 is 1.48 bits per heavy atom. The van der Waals surface area contributed by atoms with Crippen LogP contribution in [-0.2, 0) is 0 Å². The molecule has 4 rings (SSSR count). The van der Waals surface area contributed by atoms with E-state index < -0.39 is 0 Å². The lowest BCUT2D eigenvalue weighted by molar-refractivity contribution is 0.0746. The van der Waals surface area contributed by atoms with Gasteiger partial charge in [0.2, 0.25) is 0 Å². The highest BCUT2D eigenvalue weighted by Gasteiger charge is 2.23. The number of rotatable bonds is 3. The standard InChI is InChI=1S/C21H23N5O/c1-16-11-17(2)13-18(12-16)21(27)26-9-7-25(8-10-26)20-14-19(22-15-23-20)24-5-3-4-6-24/h3-6,11-15H,7-10H2,1-2H3. The predicted octanol–water partition coefficient (Wildman–Crippen LogP) is 2.85. The molecule has 1 aliphatic rings. The highest BCUT2D eigenvalue weighted by molar-refractivity contribution is 5.94. The summed E-state index contributed by atoms with van der Waals surface area (Å²) in [5, 5.41) is 0. The first kappa shape index (κ1) is 17.3. The molecule has 6 heteroatoms. The summed E-state index contributed by atoms with van der Waals surface area (Å²) in [5.41, 5.74) is 3.02. The number of aryl methyl sites for hydroxylation is 2. The molecule has 0 aliphatic carbocycles. The summed E-state index contributed by atoms with van der Waals surface area (Å²) in [4.78, 5) is 25.7. The summed E-state index contributed by atoms with van der Waals surface area (Å²) in [7, 11) is 0. The lowest BCUT2D eigenvalue weighted by Crippen LogP contribution is -2.49. The Morgan fingerprint density at radius 3 is 2.15 bits per heavy atom. The van der Waals surface area contributed by atoms with E-state index >= 15 is 0 Å². The van der Waals surface area contributed by atoms with Gasteiger partial charge in [0.1, 0.15) is 18.0 Å². The van der Waals surface area contributed by atoms with E-state index in [2.05, 4.69) is 20.9 Å². The number of piperazine rings is 1. The van der Waals surface area contributed by atoms with Crippen molar-refractivity contribution in [2.24, 2.45) is 0 Å². The summed E-state index contributed by atoms with van der Waals surface area (Å²) >= 11 is 0. The maximum absolute atomic E-state index is 12.8. The number of carbonyl (C=O) groups is 1. The third kappa shape index (κ3) is 3.69. The molecular weight excluding hydrogens is 338 g/mol. The van der Waals surface area contributed by atoms with Crippen LogP contribution >= 0.6 is 0 Å². The van der Waals surface area contributed by atoms with Crippen LogP contribution in [0.1, 0.15) is 21.5 Å². The minimum absolute atomic E-state index is 0.108. The molecule has 0 unspecified atom stereocenters.